The lowest BCUT2D eigenvalue weighted by molar-refractivity contribution is 0.601. The number of anilines is 2. The highest BCUT2D eigenvalue weighted by molar-refractivity contribution is 7.92. The first kappa shape index (κ1) is 13.8. The van der Waals surface area contributed by atoms with Gasteiger partial charge >= 0.3 is 0 Å². The van der Waals surface area contributed by atoms with Gasteiger partial charge in [0.05, 0.1) is 16.1 Å². The Bertz CT molecular complexity index is 766. The largest absolute Gasteiger partial charge is 0.373 e. The molecule has 0 fully saturated rings. The van der Waals surface area contributed by atoms with Crippen LogP contribution in [0.2, 0.25) is 0 Å². The monoisotopic (exact) mass is 288 g/mol. The first-order valence-electron chi connectivity index (χ1n) is 5.72. The van der Waals surface area contributed by atoms with Crippen LogP contribution in [0.1, 0.15) is 5.56 Å². The Balaban J connectivity index is 2.39. The lowest BCUT2D eigenvalue weighted by atomic mass is 10.2. The summed E-state index contributed by atoms with van der Waals surface area (Å²) in [7, 11) is -2.11. The quantitative estimate of drug-likeness (QED) is 0.894. The molecular weight excluding hydrogens is 276 g/mol. The zero-order chi connectivity index (χ0) is 14.6. The van der Waals surface area contributed by atoms with Crippen LogP contribution in [0.25, 0.3) is 0 Å². The van der Waals surface area contributed by atoms with Gasteiger partial charge in [-0.1, -0.05) is 12.1 Å². The minimum absolute atomic E-state index is 0.0737. The molecule has 2 N–H and O–H groups in total. The molecule has 0 aliphatic rings. The lowest BCUT2D eigenvalue weighted by Gasteiger charge is -2.10. The number of nitrogens with one attached hydrogen (secondary N) is 2. The first-order valence-corrected chi connectivity index (χ1v) is 7.21. The first-order chi connectivity index (χ1) is 9.56. The van der Waals surface area contributed by atoms with Gasteiger partial charge in [0, 0.05) is 19.3 Å². The van der Waals surface area contributed by atoms with Crippen LogP contribution in [-0.2, 0) is 10.0 Å². The molecule has 1 aromatic carbocycles. The number of nitriles is 1. The van der Waals surface area contributed by atoms with Crippen molar-refractivity contribution in [3.63, 3.8) is 0 Å². The van der Waals surface area contributed by atoms with Gasteiger partial charge in [-0.25, -0.2) is 13.4 Å². The number of nitrogens with zero attached hydrogens (tertiary/aromatic N) is 2. The van der Waals surface area contributed by atoms with Crippen molar-refractivity contribution in [2.24, 2.45) is 0 Å². The predicted octanol–water partition coefficient (Wildman–Crippen LogP) is 1.80. The smallest absolute Gasteiger partial charge is 0.262 e. The summed E-state index contributed by atoms with van der Waals surface area (Å²) in [6, 6.07) is 11.2. The van der Waals surface area contributed by atoms with Crippen molar-refractivity contribution in [2.45, 2.75) is 4.90 Å². The molecule has 6 nitrogen and oxygen atoms in total. The van der Waals surface area contributed by atoms with Gasteiger partial charge in [-0.2, -0.15) is 5.26 Å². The van der Waals surface area contributed by atoms with Crippen molar-refractivity contribution < 1.29 is 8.42 Å². The summed E-state index contributed by atoms with van der Waals surface area (Å²) in [5.74, 6) is 0.446. The Kier molecular flexibility index (Phi) is 3.86. The fourth-order valence-electron chi connectivity index (χ4n) is 1.59. The molecule has 1 heterocycles. The third-order valence-electron chi connectivity index (χ3n) is 2.59. The fourth-order valence-corrected chi connectivity index (χ4v) is 2.68. The molecule has 0 amide bonds. The van der Waals surface area contributed by atoms with E-state index in [9.17, 15) is 8.42 Å². The number of hydrogen-bond donors (Lipinski definition) is 2. The van der Waals surface area contributed by atoms with Gasteiger partial charge in [-0.3, -0.25) is 4.72 Å². The Morgan fingerprint density at radius 2 is 2.00 bits per heavy atom. The van der Waals surface area contributed by atoms with E-state index >= 15 is 0 Å². The number of para-hydroxylation sites is 1. The van der Waals surface area contributed by atoms with Crippen LogP contribution in [0.3, 0.4) is 0 Å². The van der Waals surface area contributed by atoms with Crippen molar-refractivity contribution in [3.8, 4) is 6.07 Å². The van der Waals surface area contributed by atoms with E-state index in [4.69, 9.17) is 5.26 Å². The number of benzene rings is 1. The number of pyridine rings is 1. The Morgan fingerprint density at radius 3 is 2.70 bits per heavy atom. The van der Waals surface area contributed by atoms with Crippen molar-refractivity contribution in [2.75, 3.05) is 17.1 Å². The normalized spacial score (nSPS) is 10.6. The second-order valence-corrected chi connectivity index (χ2v) is 5.57. The van der Waals surface area contributed by atoms with Gasteiger partial charge in [-0.15, -0.1) is 0 Å². The summed E-state index contributed by atoms with van der Waals surface area (Å²) < 4.78 is 26.9. The second kappa shape index (κ2) is 5.59. The molecule has 1 aromatic heterocycles. The third-order valence-corrected chi connectivity index (χ3v) is 3.95. The SMILES string of the molecule is CNc1cc(S(=O)(=O)Nc2ccccc2C#N)ccn1. The fraction of sp³-hybridized carbons (Fsp3) is 0.0769. The van der Waals surface area contributed by atoms with Gasteiger partial charge in [0.15, 0.2) is 0 Å². The summed E-state index contributed by atoms with van der Waals surface area (Å²) in [5, 5.41) is 11.7. The Morgan fingerprint density at radius 1 is 1.25 bits per heavy atom. The highest BCUT2D eigenvalue weighted by Crippen LogP contribution is 2.20. The minimum Gasteiger partial charge on any atom is -0.373 e. The molecule has 0 unspecified atom stereocenters. The van der Waals surface area contributed by atoms with E-state index in [1.54, 1.807) is 25.2 Å². The molecule has 0 saturated carbocycles. The van der Waals surface area contributed by atoms with E-state index < -0.39 is 10.0 Å². The number of aromatic nitrogens is 1. The summed E-state index contributed by atoms with van der Waals surface area (Å²) in [6.45, 7) is 0. The van der Waals surface area contributed by atoms with E-state index in [0.29, 0.717) is 5.82 Å². The molecule has 0 aliphatic heterocycles. The van der Waals surface area contributed by atoms with Crippen molar-refractivity contribution in [3.05, 3.63) is 48.2 Å². The molecule has 102 valence electrons. The van der Waals surface area contributed by atoms with Crippen LogP contribution < -0.4 is 10.0 Å². The minimum atomic E-state index is -3.76. The number of hydrogen-bond acceptors (Lipinski definition) is 5. The zero-order valence-corrected chi connectivity index (χ0v) is 11.5. The molecule has 0 atom stereocenters. The van der Waals surface area contributed by atoms with Crippen LogP contribution >= 0.6 is 0 Å². The summed E-state index contributed by atoms with van der Waals surface area (Å²) in [5.41, 5.74) is 0.511. The van der Waals surface area contributed by atoms with Crippen molar-refractivity contribution >= 4 is 21.5 Å². The second-order valence-electron chi connectivity index (χ2n) is 3.89. The van der Waals surface area contributed by atoms with Crippen molar-refractivity contribution in [1.29, 1.82) is 5.26 Å². The van der Waals surface area contributed by atoms with E-state index in [1.165, 1.54) is 24.4 Å². The van der Waals surface area contributed by atoms with E-state index in [-0.39, 0.29) is 16.1 Å². The van der Waals surface area contributed by atoms with Crippen LogP contribution in [0.4, 0.5) is 11.5 Å². The highest BCUT2D eigenvalue weighted by atomic mass is 32.2. The molecule has 7 heteroatoms. The predicted molar refractivity (Wildman–Crippen MR) is 75.7 cm³/mol. The van der Waals surface area contributed by atoms with Gasteiger partial charge in [0.2, 0.25) is 0 Å². The van der Waals surface area contributed by atoms with E-state index in [0.717, 1.165) is 0 Å². The molecule has 0 bridgehead atoms. The maximum absolute atomic E-state index is 12.3. The topological polar surface area (TPSA) is 94.9 Å². The van der Waals surface area contributed by atoms with Gasteiger partial charge in [-0.05, 0) is 18.2 Å². The van der Waals surface area contributed by atoms with Crippen LogP contribution in [-0.4, -0.2) is 20.4 Å². The summed E-state index contributed by atoms with van der Waals surface area (Å²) in [6.07, 6.45) is 1.40. The average molecular weight is 288 g/mol. The molecule has 20 heavy (non-hydrogen) atoms. The molecule has 0 aliphatic carbocycles. The molecule has 0 saturated heterocycles. The van der Waals surface area contributed by atoms with Gasteiger partial charge in [0.1, 0.15) is 11.9 Å². The highest BCUT2D eigenvalue weighted by Gasteiger charge is 2.16. The third kappa shape index (κ3) is 2.87. The molecule has 0 spiro atoms. The van der Waals surface area contributed by atoms with Gasteiger partial charge < -0.3 is 5.32 Å². The standard InChI is InChI=1S/C13H12N4O2S/c1-15-13-8-11(6-7-16-13)20(18,19)17-12-5-3-2-4-10(12)9-14/h2-8,17H,1H3,(H,15,16). The molecule has 2 rings (SSSR count). The Labute approximate surface area is 117 Å². The van der Waals surface area contributed by atoms with Crippen LogP contribution in [0.5, 0.6) is 0 Å². The zero-order valence-electron chi connectivity index (χ0n) is 10.7. The average Bonchev–Trinajstić information content (AvgIpc) is 2.47. The van der Waals surface area contributed by atoms with Crippen LogP contribution in [0.15, 0.2) is 47.5 Å². The van der Waals surface area contributed by atoms with Crippen molar-refractivity contribution in [1.82, 2.24) is 4.98 Å². The maximum Gasteiger partial charge on any atom is 0.262 e. The lowest BCUT2D eigenvalue weighted by Crippen LogP contribution is -2.14. The van der Waals surface area contributed by atoms with E-state index in [2.05, 4.69) is 15.0 Å². The summed E-state index contributed by atoms with van der Waals surface area (Å²) >= 11 is 0. The van der Waals surface area contributed by atoms with Crippen LogP contribution in [0, 0.1) is 11.3 Å². The molecular formula is C13H12N4O2S. The molecule has 0 radical (unpaired) electrons. The Hall–Kier alpha value is -2.59. The molecule has 2 aromatic rings. The van der Waals surface area contributed by atoms with Gasteiger partial charge in [0.25, 0.3) is 10.0 Å². The van der Waals surface area contributed by atoms with E-state index in [1.807, 2.05) is 6.07 Å². The number of sulfonamides is 1. The maximum atomic E-state index is 12.3. The number of rotatable bonds is 4. The summed E-state index contributed by atoms with van der Waals surface area (Å²) in [4.78, 5) is 4.03.